The number of piperazine rings is 1. The molecule has 0 radical (unpaired) electrons. The van der Waals surface area contributed by atoms with Crippen LogP contribution < -0.4 is 10.6 Å². The normalized spacial score (nSPS) is 22.6. The van der Waals surface area contributed by atoms with Crippen LogP contribution >= 0.6 is 0 Å². The van der Waals surface area contributed by atoms with E-state index in [1.807, 2.05) is 0 Å². The third-order valence-corrected chi connectivity index (χ3v) is 6.65. The van der Waals surface area contributed by atoms with Crippen LogP contribution in [0, 0.1) is 0 Å². The van der Waals surface area contributed by atoms with E-state index in [4.69, 9.17) is 0 Å². The maximum Gasteiger partial charge on any atom is 0.243 e. The molecule has 8 heteroatoms. The summed E-state index contributed by atoms with van der Waals surface area (Å²) in [5.41, 5.74) is 0. The molecular formula is C17H23N3O4S. The molecule has 7 nitrogen and oxygen atoms in total. The summed E-state index contributed by atoms with van der Waals surface area (Å²) in [6, 6.07) is 7.12. The summed E-state index contributed by atoms with van der Waals surface area (Å²) in [6.45, 7) is 0.399. The van der Waals surface area contributed by atoms with Crippen LogP contribution in [0.1, 0.15) is 32.1 Å². The Labute approximate surface area is 147 Å². The van der Waals surface area contributed by atoms with Crippen LogP contribution in [-0.4, -0.2) is 49.7 Å². The average molecular weight is 365 g/mol. The molecule has 1 saturated heterocycles. The van der Waals surface area contributed by atoms with E-state index in [2.05, 4.69) is 10.6 Å². The minimum Gasteiger partial charge on any atom is -0.353 e. The number of amides is 2. The quantitative estimate of drug-likeness (QED) is 0.800. The van der Waals surface area contributed by atoms with Gasteiger partial charge in [0.15, 0.2) is 0 Å². The molecule has 2 N–H and O–H groups in total. The smallest absolute Gasteiger partial charge is 0.243 e. The van der Waals surface area contributed by atoms with Gasteiger partial charge in [-0.15, -0.1) is 0 Å². The van der Waals surface area contributed by atoms with Crippen LogP contribution in [0.3, 0.4) is 0 Å². The van der Waals surface area contributed by atoms with Crippen LogP contribution in [0.5, 0.6) is 0 Å². The highest BCUT2D eigenvalue weighted by atomic mass is 32.2. The minimum atomic E-state index is -3.82. The first-order valence-electron chi connectivity index (χ1n) is 8.62. The molecule has 2 aliphatic rings. The van der Waals surface area contributed by atoms with Crippen LogP contribution in [0.2, 0.25) is 0 Å². The van der Waals surface area contributed by atoms with Gasteiger partial charge in [-0.2, -0.15) is 4.31 Å². The van der Waals surface area contributed by atoms with Crippen molar-refractivity contribution in [3.63, 3.8) is 0 Å². The molecule has 1 heterocycles. The van der Waals surface area contributed by atoms with E-state index in [1.165, 1.54) is 12.1 Å². The van der Waals surface area contributed by atoms with Crippen molar-refractivity contribution in [3.05, 3.63) is 30.3 Å². The highest BCUT2D eigenvalue weighted by Gasteiger charge is 2.39. The van der Waals surface area contributed by atoms with Crippen LogP contribution in [0.15, 0.2) is 35.2 Å². The molecule has 0 unspecified atom stereocenters. The van der Waals surface area contributed by atoms with E-state index in [1.54, 1.807) is 18.2 Å². The van der Waals surface area contributed by atoms with Gasteiger partial charge in [-0.25, -0.2) is 8.42 Å². The molecule has 25 heavy (non-hydrogen) atoms. The third-order valence-electron chi connectivity index (χ3n) is 4.73. The molecule has 0 aromatic heterocycles. The second-order valence-electron chi connectivity index (χ2n) is 6.49. The number of nitrogens with one attached hydrogen (secondary N) is 2. The average Bonchev–Trinajstić information content (AvgIpc) is 3.10. The number of carbonyl (C=O) groups is 2. The zero-order chi connectivity index (χ0) is 17.9. The number of rotatable bonds is 5. The molecule has 3 rings (SSSR count). The molecule has 1 aliphatic heterocycles. The lowest BCUT2D eigenvalue weighted by molar-refractivity contribution is -0.131. The van der Waals surface area contributed by atoms with E-state index in [0.29, 0.717) is 0 Å². The van der Waals surface area contributed by atoms with Crippen LogP contribution in [0.4, 0.5) is 0 Å². The molecule has 1 aromatic carbocycles. The highest BCUT2D eigenvalue weighted by Crippen LogP contribution is 2.22. The SMILES string of the molecule is O=C(C[C@@H]1C(=O)NCCN1S(=O)(=O)c1ccccc1)NC1CCCC1. The number of benzene rings is 1. The van der Waals surface area contributed by atoms with Gasteiger partial charge in [0.25, 0.3) is 0 Å². The number of hydrogen-bond acceptors (Lipinski definition) is 4. The van der Waals surface area contributed by atoms with Crippen molar-refractivity contribution in [3.8, 4) is 0 Å². The molecule has 1 saturated carbocycles. The van der Waals surface area contributed by atoms with Gasteiger partial charge in [0.2, 0.25) is 21.8 Å². The van der Waals surface area contributed by atoms with Gasteiger partial charge < -0.3 is 10.6 Å². The van der Waals surface area contributed by atoms with Crippen molar-refractivity contribution in [1.29, 1.82) is 0 Å². The van der Waals surface area contributed by atoms with Crippen LogP contribution in [0.25, 0.3) is 0 Å². The predicted molar refractivity (Wildman–Crippen MR) is 92.1 cm³/mol. The molecule has 136 valence electrons. The predicted octanol–water partition coefficient (Wildman–Crippen LogP) is 0.625. The Hall–Kier alpha value is -1.93. The lowest BCUT2D eigenvalue weighted by atomic mass is 10.1. The third kappa shape index (κ3) is 4.01. The molecule has 1 aliphatic carbocycles. The number of nitrogens with zero attached hydrogens (tertiary/aromatic N) is 1. The van der Waals surface area contributed by atoms with E-state index >= 15 is 0 Å². The lowest BCUT2D eigenvalue weighted by Crippen LogP contribution is -2.58. The van der Waals surface area contributed by atoms with Crippen LogP contribution in [-0.2, 0) is 19.6 Å². The van der Waals surface area contributed by atoms with Gasteiger partial charge in [-0.1, -0.05) is 31.0 Å². The fourth-order valence-electron chi connectivity index (χ4n) is 3.44. The Morgan fingerprint density at radius 3 is 2.56 bits per heavy atom. The van der Waals surface area contributed by atoms with Gasteiger partial charge in [0.1, 0.15) is 6.04 Å². The van der Waals surface area contributed by atoms with E-state index in [9.17, 15) is 18.0 Å². The molecular weight excluding hydrogens is 342 g/mol. The molecule has 1 aromatic rings. The fourth-order valence-corrected chi connectivity index (χ4v) is 5.04. The lowest BCUT2D eigenvalue weighted by Gasteiger charge is -2.33. The summed E-state index contributed by atoms with van der Waals surface area (Å²) >= 11 is 0. The first-order chi connectivity index (χ1) is 12.0. The largest absolute Gasteiger partial charge is 0.353 e. The Bertz CT molecular complexity index is 730. The molecule has 1 atom stereocenters. The zero-order valence-electron chi connectivity index (χ0n) is 14.0. The Morgan fingerprint density at radius 2 is 1.88 bits per heavy atom. The zero-order valence-corrected chi connectivity index (χ0v) is 14.8. The Kier molecular flexibility index (Phi) is 5.39. The first-order valence-corrected chi connectivity index (χ1v) is 10.1. The summed E-state index contributed by atoms with van der Waals surface area (Å²) in [6.07, 6.45) is 3.89. The van der Waals surface area contributed by atoms with Crippen molar-refractivity contribution in [2.24, 2.45) is 0 Å². The number of hydrogen-bond donors (Lipinski definition) is 2. The standard InChI is InChI=1S/C17H23N3O4S/c21-16(19-13-6-4-5-7-13)12-15-17(22)18-10-11-20(15)25(23,24)14-8-2-1-3-9-14/h1-3,8-9,13,15H,4-7,10-12H2,(H,18,22)(H,19,21)/t15-/m1/s1. The monoisotopic (exact) mass is 365 g/mol. The topological polar surface area (TPSA) is 95.6 Å². The second kappa shape index (κ2) is 7.53. The number of sulfonamides is 1. The Morgan fingerprint density at radius 1 is 1.20 bits per heavy atom. The van der Waals surface area contributed by atoms with Gasteiger partial charge in [0.05, 0.1) is 11.3 Å². The molecule has 0 spiro atoms. The fraction of sp³-hybridized carbons (Fsp3) is 0.529. The van der Waals surface area contributed by atoms with Gasteiger partial charge >= 0.3 is 0 Å². The van der Waals surface area contributed by atoms with Gasteiger partial charge in [-0.3, -0.25) is 9.59 Å². The number of carbonyl (C=O) groups excluding carboxylic acids is 2. The molecule has 2 fully saturated rings. The molecule has 0 bridgehead atoms. The summed E-state index contributed by atoms with van der Waals surface area (Å²) in [7, 11) is -3.82. The first kappa shape index (κ1) is 17.9. The van der Waals surface area contributed by atoms with E-state index in [-0.39, 0.29) is 36.4 Å². The van der Waals surface area contributed by atoms with Crippen molar-refractivity contribution in [2.45, 2.75) is 49.1 Å². The van der Waals surface area contributed by atoms with Crippen molar-refractivity contribution < 1.29 is 18.0 Å². The van der Waals surface area contributed by atoms with Crippen molar-refractivity contribution >= 4 is 21.8 Å². The van der Waals surface area contributed by atoms with Crippen molar-refractivity contribution in [2.75, 3.05) is 13.1 Å². The van der Waals surface area contributed by atoms with Crippen molar-refractivity contribution in [1.82, 2.24) is 14.9 Å². The Balaban J connectivity index is 1.77. The summed E-state index contributed by atoms with van der Waals surface area (Å²) in [5, 5.41) is 5.58. The minimum absolute atomic E-state index is 0.130. The second-order valence-corrected chi connectivity index (χ2v) is 8.38. The van der Waals surface area contributed by atoms with Gasteiger partial charge in [-0.05, 0) is 25.0 Å². The maximum atomic E-state index is 12.9. The summed E-state index contributed by atoms with van der Waals surface area (Å²) < 4.78 is 26.9. The van der Waals surface area contributed by atoms with Gasteiger partial charge in [0, 0.05) is 19.1 Å². The summed E-state index contributed by atoms with van der Waals surface area (Å²) in [5.74, 6) is -0.700. The maximum absolute atomic E-state index is 12.9. The molecule has 2 amide bonds. The van der Waals surface area contributed by atoms with E-state index < -0.39 is 22.0 Å². The summed E-state index contributed by atoms with van der Waals surface area (Å²) in [4.78, 5) is 24.7. The highest BCUT2D eigenvalue weighted by molar-refractivity contribution is 7.89. The van der Waals surface area contributed by atoms with E-state index in [0.717, 1.165) is 30.0 Å².